The van der Waals surface area contributed by atoms with Crippen molar-refractivity contribution >= 4 is 16.8 Å². The van der Waals surface area contributed by atoms with Crippen molar-refractivity contribution in [2.45, 2.75) is 6.18 Å². The second-order valence-electron chi connectivity index (χ2n) is 3.22. The van der Waals surface area contributed by atoms with E-state index in [9.17, 15) is 21.9 Å². The van der Waals surface area contributed by atoms with Crippen molar-refractivity contribution in [3.63, 3.8) is 0 Å². The van der Waals surface area contributed by atoms with Crippen LogP contribution >= 0.6 is 0 Å². The summed E-state index contributed by atoms with van der Waals surface area (Å²) >= 11 is -2.64. The Morgan fingerprint density at radius 3 is 2.37 bits per heavy atom. The summed E-state index contributed by atoms with van der Waals surface area (Å²) < 4.78 is 63.3. The Morgan fingerprint density at radius 1 is 1.37 bits per heavy atom. The second kappa shape index (κ2) is 6.53. The van der Waals surface area contributed by atoms with Crippen molar-refractivity contribution in [2.75, 3.05) is 13.0 Å². The van der Waals surface area contributed by atoms with Gasteiger partial charge in [-0.15, -0.1) is 0 Å². The summed E-state index contributed by atoms with van der Waals surface area (Å²) in [4.78, 5) is 4.12. The predicted octanol–water partition coefficient (Wildman–Crippen LogP) is 1.81. The van der Waals surface area contributed by atoms with Crippen LogP contribution in [0.2, 0.25) is 0 Å². The van der Waals surface area contributed by atoms with E-state index in [0.29, 0.717) is 5.75 Å². The zero-order chi connectivity index (χ0) is 14.5. The number of oxime groups is 1. The third kappa shape index (κ3) is 4.87. The molecule has 0 bridgehead atoms. The van der Waals surface area contributed by atoms with Crippen LogP contribution in [0.25, 0.3) is 0 Å². The molecule has 9 heteroatoms. The highest BCUT2D eigenvalue weighted by atomic mass is 32.2. The molecule has 0 N–H and O–H groups in total. The van der Waals surface area contributed by atoms with Crippen LogP contribution in [0.1, 0.15) is 5.56 Å². The highest BCUT2D eigenvalue weighted by Gasteiger charge is 2.37. The zero-order valence-electron chi connectivity index (χ0n) is 9.64. The zero-order valence-corrected chi connectivity index (χ0v) is 10.5. The topological polar surface area (TPSA) is 71.0 Å². The number of alkyl halides is 3. The number of rotatable bonds is 5. The van der Waals surface area contributed by atoms with Gasteiger partial charge in [-0.25, -0.2) is 0 Å². The van der Waals surface area contributed by atoms with Gasteiger partial charge in [0.15, 0.2) is 11.7 Å². The molecule has 0 spiro atoms. The summed E-state index contributed by atoms with van der Waals surface area (Å²) in [5.41, 5.74) is -1.58. The first-order chi connectivity index (χ1) is 8.84. The van der Waals surface area contributed by atoms with Crippen LogP contribution in [0.15, 0.2) is 29.4 Å². The lowest BCUT2D eigenvalue weighted by atomic mass is 10.1. The average molecular weight is 296 g/mol. The Hall–Kier alpha value is -1.61. The Bertz CT molecular complexity index is 473. The Labute approximate surface area is 109 Å². The lowest BCUT2D eigenvalue weighted by molar-refractivity contribution is -0.0610. The number of ether oxygens (including phenoxy) is 1. The number of methoxy groups -OCH3 is 1. The largest absolute Gasteiger partial charge is 0.770 e. The van der Waals surface area contributed by atoms with Crippen molar-refractivity contribution < 1.29 is 31.5 Å². The van der Waals surface area contributed by atoms with Crippen LogP contribution < -0.4 is 4.74 Å². The molecule has 0 saturated carbocycles. The third-order valence-electron chi connectivity index (χ3n) is 1.94. The average Bonchev–Trinajstić information content (AvgIpc) is 2.33. The van der Waals surface area contributed by atoms with Crippen LogP contribution in [0.3, 0.4) is 0 Å². The van der Waals surface area contributed by atoms with Gasteiger partial charge >= 0.3 is 6.18 Å². The van der Waals surface area contributed by atoms with Crippen LogP contribution in [-0.2, 0) is 15.9 Å². The highest BCUT2D eigenvalue weighted by Crippen LogP contribution is 2.24. The summed E-state index contributed by atoms with van der Waals surface area (Å²) in [6, 6.07) is 4.93. The fourth-order valence-corrected chi connectivity index (χ4v) is 1.29. The molecule has 0 aliphatic carbocycles. The molecule has 0 radical (unpaired) electrons. The quantitative estimate of drug-likeness (QED) is 0.472. The molecule has 0 fully saturated rings. The maximum Gasteiger partial charge on any atom is 0.437 e. The van der Waals surface area contributed by atoms with Gasteiger partial charge in [-0.2, -0.15) is 13.2 Å². The van der Waals surface area contributed by atoms with Gasteiger partial charge in [-0.05, 0) is 35.3 Å². The van der Waals surface area contributed by atoms with Gasteiger partial charge in [-0.1, -0.05) is 5.16 Å². The Morgan fingerprint density at radius 2 is 1.95 bits per heavy atom. The fourth-order valence-electron chi connectivity index (χ4n) is 1.15. The lowest BCUT2D eigenvalue weighted by Gasteiger charge is -2.11. The molecular weight excluding hydrogens is 287 g/mol. The molecule has 1 atom stereocenters. The second-order valence-corrected chi connectivity index (χ2v) is 4.06. The van der Waals surface area contributed by atoms with E-state index in [1.807, 2.05) is 0 Å². The molecule has 1 aromatic rings. The summed E-state index contributed by atoms with van der Waals surface area (Å²) in [5.74, 6) is -0.567. The number of hydrogen-bond acceptors (Lipinski definition) is 5. The number of benzene rings is 1. The Balaban J connectivity index is 2.99. The van der Waals surface area contributed by atoms with E-state index in [0.717, 1.165) is 12.1 Å². The predicted molar refractivity (Wildman–Crippen MR) is 60.5 cm³/mol. The molecule has 1 aromatic carbocycles. The van der Waals surface area contributed by atoms with Gasteiger partial charge in [0.2, 0.25) is 0 Å². The lowest BCUT2D eigenvalue weighted by Crippen LogP contribution is -2.24. The fraction of sp³-hybridized carbons (Fsp3) is 0.300. The Kier molecular flexibility index (Phi) is 5.31. The first kappa shape index (κ1) is 15.4. The molecule has 0 aromatic heterocycles. The third-order valence-corrected chi connectivity index (χ3v) is 2.23. The maximum atomic E-state index is 12.7. The van der Waals surface area contributed by atoms with E-state index in [4.69, 9.17) is 4.74 Å². The van der Waals surface area contributed by atoms with Crippen molar-refractivity contribution in [3.05, 3.63) is 29.8 Å². The minimum Gasteiger partial charge on any atom is -0.770 e. The minimum atomic E-state index is -4.76. The van der Waals surface area contributed by atoms with Crippen molar-refractivity contribution in [1.82, 2.24) is 0 Å². The number of hydrogen-bond donors (Lipinski definition) is 0. The van der Waals surface area contributed by atoms with Gasteiger partial charge in [0.1, 0.15) is 5.75 Å². The van der Waals surface area contributed by atoms with Crippen molar-refractivity contribution in [2.24, 2.45) is 5.16 Å². The van der Waals surface area contributed by atoms with Gasteiger partial charge in [0, 0.05) is 5.56 Å². The molecule has 0 saturated heterocycles. The summed E-state index contributed by atoms with van der Waals surface area (Å²) in [6.07, 6.45) is -4.76. The van der Waals surface area contributed by atoms with Crippen LogP contribution in [0, 0.1) is 0 Å². The van der Waals surface area contributed by atoms with Gasteiger partial charge in [0.25, 0.3) is 0 Å². The molecule has 0 aliphatic rings. The molecule has 1 rings (SSSR count). The molecule has 0 amide bonds. The molecule has 19 heavy (non-hydrogen) atoms. The van der Waals surface area contributed by atoms with E-state index >= 15 is 0 Å². The standard InChI is InChI=1S/C10H10F3NO4S/c1-17-8-4-2-7(3-5-8)9(10(11,12)13)14-18-6-19(15)16/h2-5H,6H2,1H3,(H,15,16)/p-1. The van der Waals surface area contributed by atoms with Gasteiger partial charge in [-0.3, -0.25) is 4.21 Å². The SMILES string of the molecule is COc1ccc(C(=NOCS(=O)[O-])C(F)(F)F)cc1. The maximum absolute atomic E-state index is 12.7. The highest BCUT2D eigenvalue weighted by molar-refractivity contribution is 7.78. The molecule has 5 nitrogen and oxygen atoms in total. The summed E-state index contributed by atoms with van der Waals surface area (Å²) in [7, 11) is 1.38. The van der Waals surface area contributed by atoms with E-state index < -0.39 is 28.9 Å². The van der Waals surface area contributed by atoms with E-state index in [1.165, 1.54) is 19.2 Å². The monoisotopic (exact) mass is 296 g/mol. The van der Waals surface area contributed by atoms with Gasteiger partial charge < -0.3 is 14.1 Å². The normalized spacial score (nSPS) is 14.1. The summed E-state index contributed by atoms with van der Waals surface area (Å²) in [6.45, 7) is 0. The molecule has 106 valence electrons. The number of nitrogens with zero attached hydrogens (tertiary/aromatic N) is 1. The van der Waals surface area contributed by atoms with E-state index in [-0.39, 0.29) is 5.56 Å². The van der Waals surface area contributed by atoms with Crippen molar-refractivity contribution in [3.8, 4) is 5.75 Å². The summed E-state index contributed by atoms with van der Waals surface area (Å²) in [5, 5.41) is 2.82. The number of halogens is 3. The van der Waals surface area contributed by atoms with Crippen LogP contribution in [0.5, 0.6) is 5.75 Å². The van der Waals surface area contributed by atoms with E-state index in [1.54, 1.807) is 0 Å². The van der Waals surface area contributed by atoms with Crippen LogP contribution in [0.4, 0.5) is 13.2 Å². The molecule has 0 heterocycles. The van der Waals surface area contributed by atoms with Crippen molar-refractivity contribution in [1.29, 1.82) is 0 Å². The molecule has 1 unspecified atom stereocenters. The van der Waals surface area contributed by atoms with Crippen LogP contribution in [-0.4, -0.2) is 33.7 Å². The first-order valence-corrected chi connectivity index (χ1v) is 6.06. The molecule has 0 aliphatic heterocycles. The molecular formula is C10H9F3NO4S-. The minimum absolute atomic E-state index is 0.259. The first-order valence-electron chi connectivity index (χ1n) is 4.82. The van der Waals surface area contributed by atoms with Gasteiger partial charge in [0.05, 0.1) is 7.11 Å². The smallest absolute Gasteiger partial charge is 0.437 e. The van der Waals surface area contributed by atoms with E-state index in [2.05, 4.69) is 9.99 Å².